The maximum atomic E-state index is 13.1. The van der Waals surface area contributed by atoms with E-state index in [-0.39, 0.29) is 25.7 Å². The molecule has 0 bridgehead atoms. The number of aliphatic hydroxyl groups excluding tert-OH is 1. The predicted molar refractivity (Wildman–Crippen MR) is 418 cm³/mol. The Morgan fingerprint density at radius 3 is 0.814 bits per heavy atom. The first-order valence-electron chi connectivity index (χ1n) is 40.5. The number of esters is 4. The molecule has 0 aliphatic heterocycles. The highest BCUT2D eigenvalue weighted by molar-refractivity contribution is 7.47. The Morgan fingerprint density at radius 1 is 0.284 bits per heavy atom. The molecule has 0 aromatic heterocycles. The Hall–Kier alpha value is -4.02. The molecule has 0 spiro atoms. The van der Waals surface area contributed by atoms with Gasteiger partial charge >= 0.3 is 39.5 Å². The first-order valence-corrected chi connectivity index (χ1v) is 43.5. The predicted octanol–water partition coefficient (Wildman–Crippen LogP) is 23.6. The quantitative estimate of drug-likeness (QED) is 0.0169. The molecule has 0 aromatic carbocycles. The Balaban J connectivity index is 5.39. The van der Waals surface area contributed by atoms with Gasteiger partial charge in [-0.2, -0.15) is 0 Å². The molecule has 0 radical (unpaired) electrons. The maximum absolute atomic E-state index is 13.1. The molecule has 0 amide bonds. The number of carbonyl (C=O) groups is 4. The van der Waals surface area contributed by atoms with Crippen LogP contribution in [0.25, 0.3) is 0 Å². The molecule has 2 unspecified atom stereocenters. The minimum absolute atomic E-state index is 0.0542. The number of unbranched alkanes of at least 4 members (excludes halogenated alkanes) is 34. The number of aliphatic hydroxyl groups is 1. The lowest BCUT2D eigenvalue weighted by Crippen LogP contribution is -2.30. The van der Waals surface area contributed by atoms with E-state index in [0.717, 1.165) is 180 Å². The second-order valence-corrected chi connectivity index (χ2v) is 29.9. The van der Waals surface area contributed by atoms with Crippen LogP contribution in [0.5, 0.6) is 0 Å². The largest absolute Gasteiger partial charge is 0.472 e. The van der Waals surface area contributed by atoms with E-state index in [1.807, 2.05) is 0 Å². The van der Waals surface area contributed by atoms with Gasteiger partial charge < -0.3 is 33.8 Å². The second-order valence-electron chi connectivity index (χ2n) is 27.0. The van der Waals surface area contributed by atoms with E-state index in [4.69, 9.17) is 37.0 Å². The van der Waals surface area contributed by atoms with Crippen molar-refractivity contribution in [1.82, 2.24) is 0 Å². The van der Waals surface area contributed by atoms with Crippen molar-refractivity contribution in [3.63, 3.8) is 0 Å². The second kappa shape index (κ2) is 75.2. The van der Waals surface area contributed by atoms with Crippen LogP contribution in [0.1, 0.15) is 349 Å². The van der Waals surface area contributed by atoms with Crippen molar-refractivity contribution in [3.05, 3.63) is 97.2 Å². The molecule has 0 aromatic rings. The topological polar surface area (TPSA) is 237 Å². The zero-order valence-electron chi connectivity index (χ0n) is 64.5. The van der Waals surface area contributed by atoms with Gasteiger partial charge in [-0.1, -0.05) is 273 Å². The monoisotopic (exact) mass is 1480 g/mol. The number of carbonyl (C=O) groups excluding carboxylic acids is 4. The Kier molecular flexibility index (Phi) is 72.3. The van der Waals surface area contributed by atoms with Crippen molar-refractivity contribution in [3.8, 4) is 0 Å². The molecule has 3 N–H and O–H groups in total. The van der Waals surface area contributed by atoms with Crippen LogP contribution in [-0.2, 0) is 65.4 Å². The molecular formula is C83H146O17P2. The van der Waals surface area contributed by atoms with E-state index in [1.165, 1.54) is 89.9 Å². The number of allylic oxidation sites excluding steroid dienone is 16. The highest BCUT2D eigenvalue weighted by atomic mass is 31.2. The molecule has 102 heavy (non-hydrogen) atoms. The van der Waals surface area contributed by atoms with Crippen LogP contribution in [0.4, 0.5) is 0 Å². The summed E-state index contributed by atoms with van der Waals surface area (Å²) in [5.41, 5.74) is 0. The lowest BCUT2D eigenvalue weighted by atomic mass is 10.1. The third kappa shape index (κ3) is 74.3. The van der Waals surface area contributed by atoms with Gasteiger partial charge in [0.2, 0.25) is 0 Å². The summed E-state index contributed by atoms with van der Waals surface area (Å²) in [5.74, 6) is -2.22. The van der Waals surface area contributed by atoms with E-state index in [2.05, 4.69) is 125 Å². The minimum Gasteiger partial charge on any atom is -0.462 e. The smallest absolute Gasteiger partial charge is 0.462 e. The van der Waals surface area contributed by atoms with Crippen LogP contribution in [0.15, 0.2) is 97.2 Å². The summed E-state index contributed by atoms with van der Waals surface area (Å²) in [7, 11) is -9.97. The van der Waals surface area contributed by atoms with Crippen LogP contribution < -0.4 is 0 Å². The number of ether oxygens (including phenoxy) is 4. The van der Waals surface area contributed by atoms with Crippen molar-refractivity contribution in [2.24, 2.45) is 0 Å². The van der Waals surface area contributed by atoms with Crippen LogP contribution in [0.3, 0.4) is 0 Å². The fraction of sp³-hybridized carbons (Fsp3) is 0.759. The first-order chi connectivity index (χ1) is 49.7. The van der Waals surface area contributed by atoms with Gasteiger partial charge in [-0.25, -0.2) is 9.13 Å². The molecule has 0 saturated carbocycles. The summed E-state index contributed by atoms with van der Waals surface area (Å²) in [5, 5.41) is 10.6. The zero-order chi connectivity index (χ0) is 74.6. The van der Waals surface area contributed by atoms with Gasteiger partial charge in [0.25, 0.3) is 0 Å². The number of hydrogen-bond acceptors (Lipinski definition) is 15. The fourth-order valence-electron chi connectivity index (χ4n) is 10.8. The Bertz CT molecular complexity index is 2310. The minimum atomic E-state index is -4.99. The van der Waals surface area contributed by atoms with Gasteiger partial charge in [-0.15, -0.1) is 0 Å². The van der Waals surface area contributed by atoms with Crippen molar-refractivity contribution in [1.29, 1.82) is 0 Å². The molecule has 0 saturated heterocycles. The van der Waals surface area contributed by atoms with Crippen LogP contribution in [0.2, 0.25) is 0 Å². The molecule has 0 fully saturated rings. The molecule has 19 heteroatoms. The highest BCUT2D eigenvalue weighted by Crippen LogP contribution is 2.45. The van der Waals surface area contributed by atoms with Gasteiger partial charge in [0.05, 0.1) is 26.4 Å². The average Bonchev–Trinajstić information content (AvgIpc) is 0.924. The molecule has 17 nitrogen and oxygen atoms in total. The normalized spacial score (nSPS) is 14.4. The Labute approximate surface area is 620 Å². The van der Waals surface area contributed by atoms with E-state index in [1.54, 1.807) is 0 Å². The number of hydrogen-bond donors (Lipinski definition) is 3. The molecule has 0 rings (SSSR count). The van der Waals surface area contributed by atoms with E-state index < -0.39 is 97.5 Å². The van der Waals surface area contributed by atoms with E-state index in [9.17, 15) is 43.2 Å². The summed E-state index contributed by atoms with van der Waals surface area (Å²) in [4.78, 5) is 73.0. The molecular weight excluding hydrogens is 1330 g/mol. The molecule has 0 aliphatic carbocycles. The number of phosphoric ester groups is 2. The fourth-order valence-corrected chi connectivity index (χ4v) is 12.4. The van der Waals surface area contributed by atoms with Crippen LogP contribution in [0, 0.1) is 0 Å². The molecule has 0 heterocycles. The third-order valence-corrected chi connectivity index (χ3v) is 18.9. The number of rotatable bonds is 76. The molecule has 590 valence electrons. The molecule has 5 atom stereocenters. The lowest BCUT2D eigenvalue weighted by molar-refractivity contribution is -0.161. The third-order valence-electron chi connectivity index (χ3n) is 17.0. The summed E-state index contributed by atoms with van der Waals surface area (Å²) in [6.45, 7) is 4.71. The van der Waals surface area contributed by atoms with Gasteiger partial charge in [-0.05, 0) is 148 Å². The maximum Gasteiger partial charge on any atom is 0.472 e. The summed E-state index contributed by atoms with van der Waals surface area (Å²) >= 11 is 0. The van der Waals surface area contributed by atoms with E-state index in [0.29, 0.717) is 25.7 Å². The van der Waals surface area contributed by atoms with E-state index >= 15 is 0 Å². The van der Waals surface area contributed by atoms with Crippen LogP contribution in [-0.4, -0.2) is 96.7 Å². The Morgan fingerprint density at radius 2 is 0.510 bits per heavy atom. The van der Waals surface area contributed by atoms with Crippen molar-refractivity contribution in [2.45, 2.75) is 367 Å². The zero-order valence-corrected chi connectivity index (χ0v) is 66.3. The van der Waals surface area contributed by atoms with Gasteiger partial charge in [0.1, 0.15) is 19.3 Å². The van der Waals surface area contributed by atoms with Crippen molar-refractivity contribution < 1.29 is 80.2 Å². The first kappa shape index (κ1) is 98.0. The summed E-state index contributed by atoms with van der Waals surface area (Å²) in [6, 6.07) is 0. The van der Waals surface area contributed by atoms with Crippen molar-refractivity contribution >= 4 is 39.5 Å². The summed E-state index contributed by atoms with van der Waals surface area (Å²) in [6.07, 6.45) is 79.5. The SMILES string of the molecule is CC/C=C\C/C=C\C/C=C\C/C=C\C/C=C\CCCCCC(=O)O[C@H](COC(=O)CCCCCCC/C=C\CCCCCC)COP(=O)(O)OC[C@H](O)COP(=O)(O)OC[C@@H](COC(=O)CCCCCCC/C=C\CCCCCCCC)OC(=O)CCCCCCCCC/C=C\CCCCCC. The van der Waals surface area contributed by atoms with Gasteiger partial charge in [0.15, 0.2) is 12.2 Å². The van der Waals surface area contributed by atoms with Crippen LogP contribution >= 0.6 is 15.6 Å². The highest BCUT2D eigenvalue weighted by Gasteiger charge is 2.30. The standard InChI is InChI=1S/C83H146O17P2/c1-5-9-13-17-21-25-29-33-36-37-38-39-42-46-50-54-58-62-66-70-83(88)100-78(73-93-80(85)67-63-59-55-51-47-43-32-28-24-20-16-12-8-4)75-97-101(89,90)95-71-77(84)72-96-102(91,92)98-76-79(99-82(87)69-65-61-57-53-49-45-41-35-31-27-23-19-15-11-7-3)74-94-81(86)68-64-60-56-52-48-44-40-34-30-26-22-18-14-10-6-2/h9,13,21,25,27-28,31-34,36,38-40,46,50,77-79,84H,5-8,10-12,14-20,22-24,26,29-30,35,37,41-45,47-49,51-76H2,1-4H3,(H,89,90)(H,91,92)/b13-9-,25-21-,31-27-,32-28-,36-33-,39-38-,40-34-,50-46-/t77-,78+,79+/m0/s1. The average molecular weight is 1480 g/mol. The lowest BCUT2D eigenvalue weighted by Gasteiger charge is -2.21. The summed E-state index contributed by atoms with van der Waals surface area (Å²) < 4.78 is 68.6. The van der Waals surface area contributed by atoms with Gasteiger partial charge in [0, 0.05) is 25.7 Å². The number of phosphoric acid groups is 2. The van der Waals surface area contributed by atoms with Gasteiger partial charge in [-0.3, -0.25) is 37.3 Å². The van der Waals surface area contributed by atoms with Crippen molar-refractivity contribution in [2.75, 3.05) is 39.6 Å². The molecule has 0 aliphatic rings.